The standard InChI is InChI=1S/C6H10O6/c7-1-2-3(8)4(9)5(10)6(11)12-2/h2-4,6-9,11H,1H2/t2-,3+,4+,6+/m1/s1. The van der Waals surface area contributed by atoms with Gasteiger partial charge < -0.3 is 25.2 Å². The van der Waals surface area contributed by atoms with Gasteiger partial charge in [0.2, 0.25) is 12.1 Å². The van der Waals surface area contributed by atoms with Crippen LogP contribution in [0.3, 0.4) is 0 Å². The smallest absolute Gasteiger partial charge is 0.219 e. The third-order valence-electron chi connectivity index (χ3n) is 1.72. The summed E-state index contributed by atoms with van der Waals surface area (Å²) in [4.78, 5) is 10.7. The van der Waals surface area contributed by atoms with Crippen LogP contribution >= 0.6 is 0 Å². The Hall–Kier alpha value is -0.530. The van der Waals surface area contributed by atoms with Gasteiger partial charge in [0.15, 0.2) is 0 Å². The van der Waals surface area contributed by atoms with Crippen LogP contribution in [0.2, 0.25) is 0 Å². The maximum Gasteiger partial charge on any atom is 0.219 e. The molecule has 0 bridgehead atoms. The van der Waals surface area contributed by atoms with E-state index in [0.29, 0.717) is 0 Å². The lowest BCUT2D eigenvalue weighted by atomic mass is 10.0. The molecule has 1 aliphatic rings. The summed E-state index contributed by atoms with van der Waals surface area (Å²) >= 11 is 0. The van der Waals surface area contributed by atoms with Crippen LogP contribution in [0.1, 0.15) is 0 Å². The Kier molecular flexibility index (Phi) is 2.76. The van der Waals surface area contributed by atoms with E-state index in [9.17, 15) is 4.79 Å². The van der Waals surface area contributed by atoms with Crippen LogP contribution < -0.4 is 0 Å². The number of rotatable bonds is 1. The van der Waals surface area contributed by atoms with Gasteiger partial charge in [-0.1, -0.05) is 0 Å². The summed E-state index contributed by atoms with van der Waals surface area (Å²) in [5.41, 5.74) is 0. The van der Waals surface area contributed by atoms with Crippen LogP contribution in [0, 0.1) is 0 Å². The molecule has 6 heteroatoms. The average molecular weight is 178 g/mol. The molecule has 0 aromatic heterocycles. The van der Waals surface area contributed by atoms with Gasteiger partial charge in [0.25, 0.3) is 0 Å². The van der Waals surface area contributed by atoms with E-state index in [2.05, 4.69) is 4.74 Å². The largest absolute Gasteiger partial charge is 0.394 e. The topological polar surface area (TPSA) is 107 Å². The molecule has 1 heterocycles. The van der Waals surface area contributed by atoms with Crippen LogP contribution in [0.5, 0.6) is 0 Å². The van der Waals surface area contributed by atoms with Crippen molar-refractivity contribution in [3.05, 3.63) is 0 Å². The second-order valence-electron chi connectivity index (χ2n) is 2.55. The molecule has 70 valence electrons. The SMILES string of the molecule is O=C1[C@@H](O)[C@@H](O)[C@@H](CO)O[C@@H]1O. The Morgan fingerprint density at radius 3 is 2.42 bits per heavy atom. The summed E-state index contributed by atoms with van der Waals surface area (Å²) in [7, 11) is 0. The van der Waals surface area contributed by atoms with E-state index in [4.69, 9.17) is 20.4 Å². The monoisotopic (exact) mass is 178 g/mol. The Morgan fingerprint density at radius 1 is 1.33 bits per heavy atom. The average Bonchev–Trinajstić information content (AvgIpc) is 2.08. The first-order valence-corrected chi connectivity index (χ1v) is 3.42. The van der Waals surface area contributed by atoms with Crippen molar-refractivity contribution in [1.82, 2.24) is 0 Å². The molecule has 1 rings (SSSR count). The summed E-state index contributed by atoms with van der Waals surface area (Å²) < 4.78 is 4.48. The van der Waals surface area contributed by atoms with Crippen molar-refractivity contribution in [2.75, 3.05) is 6.61 Å². The number of Topliss-reactive ketones (excluding diaryl/α,β-unsaturated/α-hetero) is 1. The highest BCUT2D eigenvalue weighted by atomic mass is 16.6. The predicted octanol–water partition coefficient (Wildman–Crippen LogP) is -3.01. The fourth-order valence-electron chi connectivity index (χ4n) is 0.982. The number of ketones is 1. The molecule has 0 spiro atoms. The summed E-state index contributed by atoms with van der Waals surface area (Å²) in [6, 6.07) is 0. The molecule has 4 atom stereocenters. The molecule has 0 radical (unpaired) electrons. The van der Waals surface area contributed by atoms with E-state index in [-0.39, 0.29) is 0 Å². The lowest BCUT2D eigenvalue weighted by Gasteiger charge is -2.32. The third-order valence-corrected chi connectivity index (χ3v) is 1.72. The molecular formula is C6H10O6. The summed E-state index contributed by atoms with van der Waals surface area (Å²) in [5, 5.41) is 35.4. The number of carbonyl (C=O) groups excluding carboxylic acids is 1. The van der Waals surface area contributed by atoms with E-state index in [1.54, 1.807) is 0 Å². The first-order chi connectivity index (χ1) is 5.57. The molecule has 1 saturated heterocycles. The number of aliphatic hydroxyl groups excluding tert-OH is 4. The van der Waals surface area contributed by atoms with Crippen molar-refractivity contribution >= 4 is 5.78 Å². The minimum Gasteiger partial charge on any atom is -0.394 e. The molecule has 12 heavy (non-hydrogen) atoms. The van der Waals surface area contributed by atoms with E-state index < -0.39 is 37.0 Å². The highest BCUT2D eigenvalue weighted by molar-refractivity contribution is 5.87. The zero-order valence-electron chi connectivity index (χ0n) is 6.12. The van der Waals surface area contributed by atoms with Crippen molar-refractivity contribution in [1.29, 1.82) is 0 Å². The molecule has 1 aliphatic heterocycles. The maximum atomic E-state index is 10.7. The van der Waals surface area contributed by atoms with E-state index in [1.807, 2.05) is 0 Å². The predicted molar refractivity (Wildman–Crippen MR) is 35.0 cm³/mol. The summed E-state index contributed by atoms with van der Waals surface area (Å²) in [6.07, 6.45) is -6.05. The van der Waals surface area contributed by atoms with Gasteiger partial charge in [-0.05, 0) is 0 Å². The van der Waals surface area contributed by atoms with Crippen LogP contribution in [-0.2, 0) is 9.53 Å². The van der Waals surface area contributed by atoms with Crippen LogP contribution in [0.15, 0.2) is 0 Å². The van der Waals surface area contributed by atoms with Gasteiger partial charge in [0.05, 0.1) is 6.61 Å². The number of hydrogen-bond acceptors (Lipinski definition) is 6. The second kappa shape index (κ2) is 3.46. The first-order valence-electron chi connectivity index (χ1n) is 3.42. The van der Waals surface area contributed by atoms with Gasteiger partial charge in [0, 0.05) is 0 Å². The Morgan fingerprint density at radius 2 is 1.92 bits per heavy atom. The highest BCUT2D eigenvalue weighted by Gasteiger charge is 2.42. The molecule has 0 aromatic carbocycles. The normalized spacial score (nSPS) is 43.2. The van der Waals surface area contributed by atoms with Gasteiger partial charge in [-0.25, -0.2) is 0 Å². The Labute approximate surface area is 68.0 Å². The van der Waals surface area contributed by atoms with E-state index in [0.717, 1.165) is 0 Å². The van der Waals surface area contributed by atoms with Crippen molar-refractivity contribution in [2.24, 2.45) is 0 Å². The first kappa shape index (κ1) is 9.56. The van der Waals surface area contributed by atoms with Crippen molar-refractivity contribution in [3.8, 4) is 0 Å². The minimum atomic E-state index is -1.76. The van der Waals surface area contributed by atoms with Gasteiger partial charge >= 0.3 is 0 Å². The third kappa shape index (κ3) is 1.47. The maximum absolute atomic E-state index is 10.7. The lowest BCUT2D eigenvalue weighted by Crippen LogP contribution is -2.56. The van der Waals surface area contributed by atoms with Crippen molar-refractivity contribution in [2.45, 2.75) is 24.6 Å². The summed E-state index contributed by atoms with van der Waals surface area (Å²) in [6.45, 7) is -0.567. The van der Waals surface area contributed by atoms with Crippen molar-refractivity contribution in [3.63, 3.8) is 0 Å². The minimum absolute atomic E-state index is 0.567. The zero-order chi connectivity index (χ0) is 9.30. The molecular weight excluding hydrogens is 168 g/mol. The van der Waals surface area contributed by atoms with E-state index in [1.165, 1.54) is 0 Å². The Bertz CT molecular complexity index is 181. The van der Waals surface area contributed by atoms with Gasteiger partial charge in [-0.3, -0.25) is 4.79 Å². The van der Waals surface area contributed by atoms with Crippen LogP contribution in [0.25, 0.3) is 0 Å². The van der Waals surface area contributed by atoms with Crippen LogP contribution in [-0.4, -0.2) is 57.4 Å². The highest BCUT2D eigenvalue weighted by Crippen LogP contribution is 2.15. The van der Waals surface area contributed by atoms with Crippen molar-refractivity contribution < 1.29 is 30.0 Å². The summed E-state index contributed by atoms with van der Waals surface area (Å²) in [5.74, 6) is -0.993. The fraction of sp³-hybridized carbons (Fsp3) is 0.833. The molecule has 0 saturated carbocycles. The lowest BCUT2D eigenvalue weighted by molar-refractivity contribution is -0.226. The second-order valence-corrected chi connectivity index (χ2v) is 2.55. The molecule has 6 nitrogen and oxygen atoms in total. The fourth-order valence-corrected chi connectivity index (χ4v) is 0.982. The molecule has 0 aliphatic carbocycles. The molecule has 0 amide bonds. The van der Waals surface area contributed by atoms with Gasteiger partial charge in [-0.2, -0.15) is 0 Å². The number of hydrogen-bond donors (Lipinski definition) is 4. The van der Waals surface area contributed by atoms with Gasteiger partial charge in [-0.15, -0.1) is 0 Å². The zero-order valence-corrected chi connectivity index (χ0v) is 6.12. The quantitative estimate of drug-likeness (QED) is 0.340. The molecule has 4 N–H and O–H groups in total. The van der Waals surface area contributed by atoms with Gasteiger partial charge in [0.1, 0.15) is 18.3 Å². The Balaban J connectivity index is 2.70. The molecule has 0 unspecified atom stereocenters. The van der Waals surface area contributed by atoms with Crippen LogP contribution in [0.4, 0.5) is 0 Å². The number of carbonyl (C=O) groups is 1. The van der Waals surface area contributed by atoms with E-state index >= 15 is 0 Å². The number of aliphatic hydroxyl groups is 4. The molecule has 0 aromatic rings. The molecule has 1 fully saturated rings. The number of ether oxygens (including phenoxy) is 1.